The van der Waals surface area contributed by atoms with Gasteiger partial charge in [-0.2, -0.15) is 0 Å². The summed E-state index contributed by atoms with van der Waals surface area (Å²) in [5, 5.41) is 6.20. The summed E-state index contributed by atoms with van der Waals surface area (Å²) < 4.78 is 42.3. The van der Waals surface area contributed by atoms with Crippen molar-refractivity contribution in [2.45, 2.75) is 78.6 Å². The molecule has 87 heavy (non-hydrogen) atoms. The highest BCUT2D eigenvalue weighted by atomic mass is 16.4. The Labute approximate surface area is 503 Å². The van der Waals surface area contributed by atoms with E-state index in [1.54, 1.807) is 0 Å². The van der Waals surface area contributed by atoms with Gasteiger partial charge in [-0.3, -0.25) is 9.80 Å². The number of fused-ring (bicyclic) bond motifs is 12. The second-order valence-electron chi connectivity index (χ2n) is 27.0. The first-order chi connectivity index (χ1) is 41.9. The van der Waals surface area contributed by atoms with E-state index >= 15 is 0 Å². The van der Waals surface area contributed by atoms with E-state index in [1.165, 1.54) is 11.1 Å². The van der Waals surface area contributed by atoms with Gasteiger partial charge in [0.05, 0.1) is 11.4 Å². The van der Waals surface area contributed by atoms with Gasteiger partial charge in [0.2, 0.25) is 11.8 Å². The Morgan fingerprint density at radius 3 is 0.920 bits per heavy atom. The molecule has 0 saturated carbocycles. The molecule has 0 unspecified atom stereocenters. The van der Waals surface area contributed by atoms with Crippen molar-refractivity contribution in [3.05, 3.63) is 223 Å². The van der Waals surface area contributed by atoms with Crippen LogP contribution in [0.15, 0.2) is 233 Å². The second-order valence-corrected chi connectivity index (χ2v) is 27.0. The van der Waals surface area contributed by atoms with E-state index in [9.17, 15) is 0 Å². The quantitative estimate of drug-likeness (QED) is 0.152. The zero-order valence-corrected chi connectivity index (χ0v) is 50.1. The summed E-state index contributed by atoms with van der Waals surface area (Å²) in [5.74, 6) is 4.46. The smallest absolute Gasteiger partial charge is 0.262 e. The molecule has 8 nitrogen and oxygen atoms in total. The zero-order valence-electron chi connectivity index (χ0n) is 50.1. The summed E-state index contributed by atoms with van der Waals surface area (Å²) >= 11 is 0. The van der Waals surface area contributed by atoms with E-state index in [0.717, 1.165) is 168 Å². The lowest BCUT2D eigenvalue weighted by Crippen LogP contribution is -2.61. The van der Waals surface area contributed by atoms with Gasteiger partial charge in [-0.1, -0.05) is 147 Å². The zero-order chi connectivity index (χ0) is 59.0. The SMILES string of the molecule is CC(C)(C)c1cc2c3c(c1)N(c1cc(-c4cc5ccccc5o4)cc(-c4cc5ccccc5o4)c1)c1oc4ccc(C(C)(C)C)cc4c1B3c1c(oc3ccc(C(C)(C)C)cc13)N2c1cc(-c2cc3ccccc3o2)cc(-c2cc3ccccc3o2)c1. The molecule has 0 saturated heterocycles. The maximum Gasteiger partial charge on any atom is 0.262 e. The van der Waals surface area contributed by atoms with E-state index in [-0.39, 0.29) is 23.0 Å². The van der Waals surface area contributed by atoms with Crippen LogP contribution in [0.5, 0.6) is 0 Å². The Kier molecular flexibility index (Phi) is 10.7. The third kappa shape index (κ3) is 8.12. The highest BCUT2D eigenvalue weighted by Gasteiger charge is 2.50. The first-order valence-electron chi connectivity index (χ1n) is 30.1. The Morgan fingerprint density at radius 2 is 0.609 bits per heavy atom. The number of hydrogen-bond acceptors (Lipinski definition) is 8. The maximum atomic E-state index is 7.58. The summed E-state index contributed by atoms with van der Waals surface area (Å²) in [5.41, 5.74) is 18.3. The standard InChI is InChI=1S/C78H61BN2O6/c1-76(2,3)52-26-28-65-57(40-52)71-74(86-65)80(55-32-48(67-36-44-18-10-14-22-61(44)82-67)30-49(33-55)68-37-45-19-11-15-23-62(45)83-68)59-42-54(78(7,8)9)43-60-73(59)79(71)72-58-41-53(77(4,5)6)27-29-66(58)87-75(72)81(60)56-34-50(69-38-46-20-12-16-24-63(46)84-69)31-51(35-56)70-39-47-21-13-17-25-64(47)85-70/h10-43H,1-9H3. The normalized spacial score (nSPS) is 13.5. The molecule has 0 aliphatic carbocycles. The van der Waals surface area contributed by atoms with Crippen molar-refractivity contribution in [2.24, 2.45) is 0 Å². The molecule has 0 atom stereocenters. The molecule has 0 bridgehead atoms. The molecular weight excluding hydrogens is 1070 g/mol. The molecule has 0 N–H and O–H groups in total. The van der Waals surface area contributed by atoms with Crippen LogP contribution < -0.4 is 26.2 Å². The van der Waals surface area contributed by atoms with Crippen LogP contribution in [0.25, 0.3) is 111 Å². The van der Waals surface area contributed by atoms with Crippen molar-refractivity contribution >= 4 is 123 Å². The molecule has 9 heteroatoms. The lowest BCUT2D eigenvalue weighted by molar-refractivity contribution is 0.587. The Balaban J connectivity index is 1.01. The van der Waals surface area contributed by atoms with Gasteiger partial charge in [0, 0.05) is 76.9 Å². The molecular formula is C78H61BN2O6. The van der Waals surface area contributed by atoms with Gasteiger partial charge < -0.3 is 26.5 Å². The van der Waals surface area contributed by atoms with Gasteiger partial charge >= 0.3 is 0 Å². The van der Waals surface area contributed by atoms with Crippen molar-refractivity contribution in [3.8, 4) is 45.3 Å². The van der Waals surface area contributed by atoms with Crippen molar-refractivity contribution in [2.75, 3.05) is 9.80 Å². The van der Waals surface area contributed by atoms with Crippen LogP contribution in [-0.4, -0.2) is 6.71 Å². The fraction of sp³-hybridized carbons (Fsp3) is 0.154. The van der Waals surface area contributed by atoms with Gasteiger partial charge in [0.1, 0.15) is 56.5 Å². The molecule has 0 radical (unpaired) electrons. The molecule has 17 rings (SSSR count). The van der Waals surface area contributed by atoms with Gasteiger partial charge in [-0.25, -0.2) is 0 Å². The molecule has 422 valence electrons. The first-order valence-corrected chi connectivity index (χ1v) is 30.1. The van der Waals surface area contributed by atoms with Crippen LogP contribution in [-0.2, 0) is 16.2 Å². The number of hydrogen-bond donors (Lipinski definition) is 0. The maximum absolute atomic E-state index is 7.58. The average molecular weight is 1130 g/mol. The fourth-order valence-corrected chi connectivity index (χ4v) is 13.5. The van der Waals surface area contributed by atoms with Gasteiger partial charge in [0.25, 0.3) is 6.71 Å². The van der Waals surface area contributed by atoms with Crippen molar-refractivity contribution < 1.29 is 26.5 Å². The largest absolute Gasteiger partial charge is 0.456 e. The van der Waals surface area contributed by atoms with Gasteiger partial charge in [0.15, 0.2) is 0 Å². The summed E-state index contributed by atoms with van der Waals surface area (Å²) in [7, 11) is 0. The third-order valence-electron chi connectivity index (χ3n) is 18.1. The number of rotatable bonds is 6. The highest BCUT2D eigenvalue weighted by Crippen LogP contribution is 2.52. The van der Waals surface area contributed by atoms with Gasteiger partial charge in [-0.15, -0.1) is 0 Å². The van der Waals surface area contributed by atoms with E-state index < -0.39 is 0 Å². The van der Waals surface area contributed by atoms with Crippen LogP contribution >= 0.6 is 0 Å². The van der Waals surface area contributed by atoms with Crippen LogP contribution in [0.4, 0.5) is 34.5 Å². The number of anilines is 6. The van der Waals surface area contributed by atoms with E-state index in [2.05, 4.69) is 230 Å². The first kappa shape index (κ1) is 51.3. The number of para-hydroxylation sites is 4. The lowest BCUT2D eigenvalue weighted by atomic mass is 9.33. The number of nitrogens with zero attached hydrogens (tertiary/aromatic N) is 2. The van der Waals surface area contributed by atoms with Crippen LogP contribution in [0.3, 0.4) is 0 Å². The molecule has 0 spiro atoms. The lowest BCUT2D eigenvalue weighted by Gasteiger charge is -2.42. The summed E-state index contributed by atoms with van der Waals surface area (Å²) in [6.07, 6.45) is 0. The van der Waals surface area contributed by atoms with Crippen LogP contribution in [0, 0.1) is 0 Å². The summed E-state index contributed by atoms with van der Waals surface area (Å²) in [6, 6.07) is 73.1. The topological polar surface area (TPSA) is 85.3 Å². The molecule has 15 aromatic rings. The van der Waals surface area contributed by atoms with Crippen LogP contribution in [0.1, 0.15) is 79.0 Å². The minimum atomic E-state index is -0.365. The highest BCUT2D eigenvalue weighted by molar-refractivity contribution is 7.02. The molecule has 0 fully saturated rings. The molecule has 9 aromatic carbocycles. The number of furan rings is 6. The second kappa shape index (κ2) is 18.2. The number of benzene rings is 9. The predicted molar refractivity (Wildman–Crippen MR) is 357 cm³/mol. The van der Waals surface area contributed by atoms with Crippen molar-refractivity contribution in [3.63, 3.8) is 0 Å². The van der Waals surface area contributed by atoms with Crippen LogP contribution in [0.2, 0.25) is 0 Å². The van der Waals surface area contributed by atoms with Crippen molar-refractivity contribution in [1.82, 2.24) is 0 Å². The van der Waals surface area contributed by atoms with Crippen molar-refractivity contribution in [1.29, 1.82) is 0 Å². The predicted octanol–water partition coefficient (Wildman–Crippen LogP) is 20.8. The minimum Gasteiger partial charge on any atom is -0.456 e. The summed E-state index contributed by atoms with van der Waals surface area (Å²) in [6.45, 7) is 20.2. The van der Waals surface area contributed by atoms with Gasteiger partial charge in [-0.05, 0) is 160 Å². The van der Waals surface area contributed by atoms with E-state index in [0.29, 0.717) is 0 Å². The third-order valence-corrected chi connectivity index (χ3v) is 18.1. The summed E-state index contributed by atoms with van der Waals surface area (Å²) in [4.78, 5) is 4.76. The fourth-order valence-electron chi connectivity index (χ4n) is 13.5. The monoisotopic (exact) mass is 1130 g/mol. The molecule has 2 aliphatic heterocycles. The van der Waals surface area contributed by atoms with E-state index in [4.69, 9.17) is 26.5 Å². The molecule has 0 amide bonds. The average Bonchev–Trinajstić information content (AvgIpc) is 1.64. The minimum absolute atomic E-state index is 0.166. The molecule has 2 aliphatic rings. The van der Waals surface area contributed by atoms with E-state index in [1.807, 2.05) is 48.5 Å². The Hall–Kier alpha value is -10.1. The Bertz CT molecular complexity index is 4710. The molecule has 6 aromatic heterocycles. The Morgan fingerprint density at radius 1 is 0.287 bits per heavy atom. The molecule has 8 heterocycles.